The van der Waals surface area contributed by atoms with Gasteiger partial charge in [-0.2, -0.15) is 11.8 Å². The fourth-order valence-corrected chi connectivity index (χ4v) is 0.998. The third-order valence-corrected chi connectivity index (χ3v) is 1.64. The second-order valence-electron chi connectivity index (χ2n) is 1.73. The summed E-state index contributed by atoms with van der Waals surface area (Å²) in [6.07, 6.45) is 2.02. The van der Waals surface area contributed by atoms with E-state index in [1.54, 1.807) is 11.8 Å². The van der Waals surface area contributed by atoms with Gasteiger partial charge in [0.05, 0.1) is 6.61 Å². The van der Waals surface area contributed by atoms with Crippen LogP contribution >= 0.6 is 11.8 Å². The van der Waals surface area contributed by atoms with Crippen LogP contribution in [-0.4, -0.2) is 18.6 Å². The molecule has 0 amide bonds. The molecule has 0 aliphatic carbocycles. The van der Waals surface area contributed by atoms with Crippen molar-refractivity contribution in [2.75, 3.05) is 18.6 Å². The largest absolute Gasteiger partial charge is 0.236 e. The Labute approximate surface area is 49.1 Å². The number of hydrogen-bond acceptors (Lipinski definition) is 1. The molecule has 0 bridgehead atoms. The van der Waals surface area contributed by atoms with Crippen LogP contribution < -0.4 is 0 Å². The van der Waals surface area contributed by atoms with Crippen LogP contribution in [0.1, 0.15) is 6.92 Å². The highest BCUT2D eigenvalue weighted by molar-refractivity contribution is 7.98. The monoisotopic (exact) mass is 119 g/mol. The summed E-state index contributed by atoms with van der Waals surface area (Å²) in [4.78, 5) is 0. The highest BCUT2D eigenvalue weighted by Crippen LogP contribution is 2.01. The molecule has 0 rings (SSSR count). The molecule has 0 aliphatic heterocycles. The molecule has 0 spiro atoms. The van der Waals surface area contributed by atoms with E-state index in [-0.39, 0.29) is 6.61 Å². The molecule has 2 heteroatoms. The average Bonchev–Trinajstić information content (AvgIpc) is 1.68. The zero-order chi connectivity index (χ0) is 5.70. The van der Waals surface area contributed by atoms with Crippen molar-refractivity contribution in [1.82, 2.24) is 0 Å². The van der Waals surface area contributed by atoms with Gasteiger partial charge in [-0.3, -0.25) is 0 Å². The summed E-state index contributed by atoms with van der Waals surface area (Å²) in [5.41, 5.74) is 0. The van der Waals surface area contributed by atoms with Gasteiger partial charge in [0.25, 0.3) is 0 Å². The van der Waals surface area contributed by atoms with Gasteiger partial charge in [0.1, 0.15) is 0 Å². The molecular formula is C5H11OS. The standard InChI is InChI=1S/C5H11OS/c1-5(3-6)4-7-2/h5H,3-4H2,1-2H3. The van der Waals surface area contributed by atoms with E-state index < -0.39 is 0 Å². The molecule has 0 heterocycles. The average molecular weight is 119 g/mol. The van der Waals surface area contributed by atoms with Crippen molar-refractivity contribution < 1.29 is 5.11 Å². The molecule has 0 aliphatic rings. The van der Waals surface area contributed by atoms with Gasteiger partial charge in [-0.05, 0) is 17.9 Å². The van der Waals surface area contributed by atoms with E-state index in [1.807, 2.05) is 13.2 Å². The van der Waals surface area contributed by atoms with Crippen molar-refractivity contribution in [2.24, 2.45) is 5.92 Å². The van der Waals surface area contributed by atoms with E-state index in [1.165, 1.54) is 0 Å². The lowest BCUT2D eigenvalue weighted by molar-refractivity contribution is 0.160. The molecule has 0 aromatic heterocycles. The fourth-order valence-electron chi connectivity index (χ4n) is 0.333. The maximum absolute atomic E-state index is 10.0. The molecule has 0 saturated heterocycles. The second-order valence-corrected chi connectivity index (χ2v) is 2.64. The van der Waals surface area contributed by atoms with Crippen LogP contribution in [0.25, 0.3) is 0 Å². The smallest absolute Gasteiger partial charge is 0.0855 e. The van der Waals surface area contributed by atoms with E-state index in [0.29, 0.717) is 5.92 Å². The lowest BCUT2D eigenvalue weighted by Gasteiger charge is -1.99. The van der Waals surface area contributed by atoms with E-state index in [4.69, 9.17) is 0 Å². The van der Waals surface area contributed by atoms with E-state index in [9.17, 15) is 5.11 Å². The molecule has 0 aromatic carbocycles. The van der Waals surface area contributed by atoms with Crippen molar-refractivity contribution in [3.63, 3.8) is 0 Å². The van der Waals surface area contributed by atoms with E-state index in [0.717, 1.165) is 5.75 Å². The maximum atomic E-state index is 10.0. The van der Waals surface area contributed by atoms with Crippen molar-refractivity contribution in [3.8, 4) is 0 Å². The predicted octanol–water partition coefficient (Wildman–Crippen LogP) is 1.42. The molecule has 0 saturated carbocycles. The highest BCUT2D eigenvalue weighted by Gasteiger charge is 1.95. The maximum Gasteiger partial charge on any atom is 0.0855 e. The molecule has 1 unspecified atom stereocenters. The van der Waals surface area contributed by atoms with Gasteiger partial charge in [-0.25, -0.2) is 5.11 Å². The van der Waals surface area contributed by atoms with Gasteiger partial charge in [0.15, 0.2) is 0 Å². The Balaban J connectivity index is 2.83. The van der Waals surface area contributed by atoms with Gasteiger partial charge in [-0.15, -0.1) is 0 Å². The number of thioether (sulfide) groups is 1. The molecule has 1 radical (unpaired) electrons. The predicted molar refractivity (Wildman–Crippen MR) is 33.1 cm³/mol. The molecule has 1 nitrogen and oxygen atoms in total. The molecule has 7 heavy (non-hydrogen) atoms. The minimum Gasteiger partial charge on any atom is -0.236 e. The van der Waals surface area contributed by atoms with Crippen LogP contribution in [0, 0.1) is 5.92 Å². The first-order valence-corrected chi connectivity index (χ1v) is 3.77. The summed E-state index contributed by atoms with van der Waals surface area (Å²) in [5, 5.41) is 10.0. The van der Waals surface area contributed by atoms with Crippen molar-refractivity contribution in [1.29, 1.82) is 0 Å². The lowest BCUT2D eigenvalue weighted by Crippen LogP contribution is -2.00. The molecule has 1 atom stereocenters. The Morgan fingerprint density at radius 2 is 2.29 bits per heavy atom. The summed E-state index contributed by atoms with van der Waals surface area (Å²) < 4.78 is 0. The van der Waals surface area contributed by atoms with Crippen LogP contribution in [0.15, 0.2) is 0 Å². The Hall–Kier alpha value is 0.310. The quantitative estimate of drug-likeness (QED) is 0.550. The SMILES string of the molecule is CSCC(C)C[O]. The van der Waals surface area contributed by atoms with Gasteiger partial charge in [0, 0.05) is 0 Å². The third kappa shape index (κ3) is 4.16. The molecule has 43 valence electrons. The Kier molecular flexibility index (Phi) is 4.67. The normalized spacial score (nSPS) is 14.1. The summed E-state index contributed by atoms with van der Waals surface area (Å²) in [5.74, 6) is 1.36. The van der Waals surface area contributed by atoms with Crippen LogP contribution in [0.5, 0.6) is 0 Å². The zero-order valence-electron chi connectivity index (χ0n) is 4.81. The van der Waals surface area contributed by atoms with Crippen LogP contribution in [0.3, 0.4) is 0 Å². The third-order valence-electron chi connectivity index (χ3n) is 0.736. The summed E-state index contributed by atoms with van der Waals surface area (Å²) >= 11 is 1.73. The Morgan fingerprint density at radius 3 is 2.43 bits per heavy atom. The molecule has 0 aromatic rings. The first-order valence-electron chi connectivity index (χ1n) is 2.38. The first kappa shape index (κ1) is 7.31. The van der Waals surface area contributed by atoms with Gasteiger partial charge in [-0.1, -0.05) is 6.92 Å². The van der Waals surface area contributed by atoms with E-state index >= 15 is 0 Å². The topological polar surface area (TPSA) is 19.9 Å². The molecular weight excluding hydrogens is 108 g/mol. The van der Waals surface area contributed by atoms with Crippen LogP contribution in [0.4, 0.5) is 0 Å². The van der Waals surface area contributed by atoms with Gasteiger partial charge in [0.2, 0.25) is 0 Å². The van der Waals surface area contributed by atoms with Crippen LogP contribution in [0.2, 0.25) is 0 Å². The lowest BCUT2D eigenvalue weighted by atomic mass is 10.2. The Morgan fingerprint density at radius 1 is 1.71 bits per heavy atom. The number of hydrogen-bond donors (Lipinski definition) is 0. The zero-order valence-corrected chi connectivity index (χ0v) is 5.62. The number of rotatable bonds is 3. The van der Waals surface area contributed by atoms with Crippen LogP contribution in [-0.2, 0) is 5.11 Å². The minimum absolute atomic E-state index is 0.0703. The van der Waals surface area contributed by atoms with Crippen molar-refractivity contribution in [2.45, 2.75) is 6.92 Å². The Bertz CT molecular complexity index is 39.1. The molecule has 0 N–H and O–H groups in total. The van der Waals surface area contributed by atoms with Crippen molar-refractivity contribution >= 4 is 11.8 Å². The molecule has 0 fully saturated rings. The summed E-state index contributed by atoms with van der Waals surface area (Å²) in [7, 11) is 0. The summed E-state index contributed by atoms with van der Waals surface area (Å²) in [6, 6.07) is 0. The first-order chi connectivity index (χ1) is 3.31. The van der Waals surface area contributed by atoms with E-state index in [2.05, 4.69) is 0 Å². The highest BCUT2D eigenvalue weighted by atomic mass is 32.2. The van der Waals surface area contributed by atoms with Gasteiger partial charge < -0.3 is 0 Å². The summed E-state index contributed by atoms with van der Waals surface area (Å²) in [6.45, 7) is 2.05. The fraction of sp³-hybridized carbons (Fsp3) is 1.00. The second kappa shape index (κ2) is 4.47. The van der Waals surface area contributed by atoms with Crippen molar-refractivity contribution in [3.05, 3.63) is 0 Å². The van der Waals surface area contributed by atoms with Gasteiger partial charge >= 0.3 is 0 Å². The minimum atomic E-state index is 0.0703.